The fourth-order valence-corrected chi connectivity index (χ4v) is 5.86. The van der Waals surface area contributed by atoms with Gasteiger partial charge in [0.1, 0.15) is 12.4 Å². The van der Waals surface area contributed by atoms with E-state index in [0.29, 0.717) is 27.4 Å². The van der Waals surface area contributed by atoms with Gasteiger partial charge in [0.05, 0.1) is 24.9 Å². The summed E-state index contributed by atoms with van der Waals surface area (Å²) in [6, 6.07) is 6.80. The lowest BCUT2D eigenvalue weighted by molar-refractivity contribution is -0.146. The maximum Gasteiger partial charge on any atom is 0.408 e. The summed E-state index contributed by atoms with van der Waals surface area (Å²) in [6.45, 7) is -0.646. The topological polar surface area (TPSA) is 109 Å². The van der Waals surface area contributed by atoms with Crippen molar-refractivity contribution >= 4 is 15.9 Å². The van der Waals surface area contributed by atoms with E-state index in [4.69, 9.17) is 9.47 Å². The number of hydrogen-bond donors (Lipinski definition) is 0. The Kier molecular flexibility index (Phi) is 7.97. The predicted molar refractivity (Wildman–Crippen MR) is 131 cm³/mol. The second-order valence-electron chi connectivity index (χ2n) is 9.69. The van der Waals surface area contributed by atoms with Crippen molar-refractivity contribution in [3.8, 4) is 0 Å². The van der Waals surface area contributed by atoms with Gasteiger partial charge in [0.25, 0.3) is 5.91 Å². The molecule has 0 aliphatic carbocycles. The normalized spacial score (nSPS) is 18.6. The summed E-state index contributed by atoms with van der Waals surface area (Å²) in [5.74, 6) is -1.10. The number of aromatic nitrogens is 4. The summed E-state index contributed by atoms with van der Waals surface area (Å²) in [4.78, 5) is 14.9. The zero-order chi connectivity index (χ0) is 28.5. The van der Waals surface area contributed by atoms with Crippen LogP contribution in [0.15, 0.2) is 47.8 Å². The molecule has 0 saturated carbocycles. The molecule has 3 aromatic rings. The van der Waals surface area contributed by atoms with E-state index in [9.17, 15) is 30.8 Å². The summed E-state index contributed by atoms with van der Waals surface area (Å²) in [7, 11) is -4.36. The number of nitrogens with zero attached hydrogens (tertiary/aromatic N) is 5. The standard InChI is InChI=1S/C25H27F4N5O5S/c26-20-7-2-1-6-19(20)23(39-12-9-18-5-3-4-11-38-18)24(35)32-13-17-14-34(30-21(17)15-32)40(36,37)22-8-10-33(31-22)16-25(27,28)29/h1-2,6-8,10,14,18,23H,3-5,9,11-13,15-16H2. The van der Waals surface area contributed by atoms with Crippen molar-refractivity contribution in [1.82, 2.24) is 23.9 Å². The molecule has 2 aliphatic heterocycles. The van der Waals surface area contributed by atoms with Crippen LogP contribution in [0.25, 0.3) is 0 Å². The molecular weight excluding hydrogens is 558 g/mol. The number of fused-ring (bicyclic) bond motifs is 1. The lowest BCUT2D eigenvalue weighted by Gasteiger charge is -2.26. The van der Waals surface area contributed by atoms with Crippen molar-refractivity contribution in [3.05, 3.63) is 65.4 Å². The highest BCUT2D eigenvalue weighted by molar-refractivity contribution is 7.89. The third-order valence-electron chi connectivity index (χ3n) is 6.75. The Morgan fingerprint density at radius 3 is 2.65 bits per heavy atom. The van der Waals surface area contributed by atoms with E-state index in [1.54, 1.807) is 6.07 Å². The second kappa shape index (κ2) is 11.3. The first-order valence-corrected chi connectivity index (χ1v) is 14.1. The molecule has 15 heteroatoms. The number of alkyl halides is 3. The van der Waals surface area contributed by atoms with E-state index in [1.165, 1.54) is 29.3 Å². The zero-order valence-electron chi connectivity index (χ0n) is 21.3. The van der Waals surface area contributed by atoms with Gasteiger partial charge in [-0.3, -0.25) is 9.48 Å². The van der Waals surface area contributed by atoms with Crippen molar-refractivity contribution in [2.45, 2.75) is 68.7 Å². The largest absolute Gasteiger partial charge is 0.408 e. The van der Waals surface area contributed by atoms with Crippen molar-refractivity contribution in [1.29, 1.82) is 0 Å². The molecule has 1 fully saturated rings. The molecule has 0 radical (unpaired) electrons. The van der Waals surface area contributed by atoms with Crippen LogP contribution in [0.5, 0.6) is 0 Å². The van der Waals surface area contributed by atoms with Gasteiger partial charge in [-0.25, -0.2) is 4.39 Å². The van der Waals surface area contributed by atoms with Crippen LogP contribution in [0.1, 0.15) is 48.6 Å². The Labute approximate surface area is 227 Å². The number of benzene rings is 1. The quantitative estimate of drug-likeness (QED) is 0.353. The van der Waals surface area contributed by atoms with Gasteiger partial charge in [0, 0.05) is 36.7 Å². The first-order valence-electron chi connectivity index (χ1n) is 12.7. The maximum atomic E-state index is 14.7. The smallest absolute Gasteiger partial charge is 0.378 e. The number of carbonyl (C=O) groups excluding carboxylic acids is 1. The molecule has 40 heavy (non-hydrogen) atoms. The minimum atomic E-state index is -4.57. The average Bonchev–Trinajstić information content (AvgIpc) is 3.62. The molecule has 0 spiro atoms. The number of ether oxygens (including phenoxy) is 2. The SMILES string of the molecule is O=C(C(OCCC1CCCCO1)c1ccccc1F)N1Cc2cn(S(=O)(=O)c3ccn(CC(F)(F)F)n3)nc2C1. The van der Waals surface area contributed by atoms with Crippen molar-refractivity contribution in [2.24, 2.45) is 0 Å². The van der Waals surface area contributed by atoms with Crippen LogP contribution >= 0.6 is 0 Å². The Morgan fingerprint density at radius 2 is 1.95 bits per heavy atom. The van der Waals surface area contributed by atoms with Crippen LogP contribution in [0.4, 0.5) is 17.6 Å². The monoisotopic (exact) mass is 585 g/mol. The summed E-state index contributed by atoms with van der Waals surface area (Å²) < 4.78 is 91.1. The van der Waals surface area contributed by atoms with Gasteiger partial charge >= 0.3 is 16.2 Å². The highest BCUT2D eigenvalue weighted by atomic mass is 32.2. The molecule has 1 saturated heterocycles. The van der Waals surface area contributed by atoms with Crippen molar-refractivity contribution < 1.29 is 40.2 Å². The lowest BCUT2D eigenvalue weighted by Crippen LogP contribution is -2.33. The fourth-order valence-electron chi connectivity index (χ4n) is 4.75. The van der Waals surface area contributed by atoms with Crippen molar-refractivity contribution in [2.75, 3.05) is 13.2 Å². The molecule has 2 aromatic heterocycles. The molecule has 2 unspecified atom stereocenters. The molecular formula is C25H27F4N5O5S. The molecule has 0 bridgehead atoms. The van der Waals surface area contributed by atoms with E-state index in [0.717, 1.165) is 31.5 Å². The molecule has 2 aliphatic rings. The highest BCUT2D eigenvalue weighted by Crippen LogP contribution is 2.30. The molecule has 216 valence electrons. The Hall–Kier alpha value is -3.30. The maximum absolute atomic E-state index is 14.7. The third-order valence-corrected chi connectivity index (χ3v) is 8.17. The van der Waals surface area contributed by atoms with Crippen LogP contribution in [-0.4, -0.2) is 63.7 Å². The van der Waals surface area contributed by atoms with Gasteiger partial charge in [-0.2, -0.15) is 35.9 Å². The molecule has 2 atom stereocenters. The number of hydrogen-bond acceptors (Lipinski definition) is 7. The van der Waals surface area contributed by atoms with E-state index in [2.05, 4.69) is 10.2 Å². The molecule has 0 N–H and O–H groups in total. The van der Waals surface area contributed by atoms with E-state index >= 15 is 0 Å². The number of carbonyl (C=O) groups is 1. The zero-order valence-corrected chi connectivity index (χ0v) is 22.1. The minimum absolute atomic E-state index is 0.00769. The third kappa shape index (κ3) is 6.20. The van der Waals surface area contributed by atoms with Crippen LogP contribution in [0.2, 0.25) is 0 Å². The van der Waals surface area contributed by atoms with E-state index in [1.807, 2.05) is 0 Å². The van der Waals surface area contributed by atoms with Crippen LogP contribution in [-0.2, 0) is 43.9 Å². The number of rotatable bonds is 9. The molecule has 10 nitrogen and oxygen atoms in total. The second-order valence-corrected chi connectivity index (χ2v) is 11.4. The van der Waals surface area contributed by atoms with Gasteiger partial charge in [0.2, 0.25) is 0 Å². The molecule has 1 amide bonds. The van der Waals surface area contributed by atoms with Crippen LogP contribution in [0.3, 0.4) is 0 Å². The van der Waals surface area contributed by atoms with Gasteiger partial charge in [-0.15, -0.1) is 0 Å². The summed E-state index contributed by atoms with van der Waals surface area (Å²) in [6.07, 6.45) is -0.155. The van der Waals surface area contributed by atoms with Crippen LogP contribution in [0, 0.1) is 5.82 Å². The first-order chi connectivity index (χ1) is 19.0. The Morgan fingerprint density at radius 1 is 1.15 bits per heavy atom. The van der Waals surface area contributed by atoms with Gasteiger partial charge in [0.15, 0.2) is 11.1 Å². The Bertz CT molecular complexity index is 1440. The minimum Gasteiger partial charge on any atom is -0.378 e. The van der Waals surface area contributed by atoms with Gasteiger partial charge in [-0.05, 0) is 37.8 Å². The average molecular weight is 586 g/mol. The number of amides is 1. The fraction of sp³-hybridized carbons (Fsp3) is 0.480. The van der Waals surface area contributed by atoms with E-state index in [-0.39, 0.29) is 37.1 Å². The summed E-state index contributed by atoms with van der Waals surface area (Å²) in [5.41, 5.74) is 0.799. The lowest BCUT2D eigenvalue weighted by atomic mass is 10.1. The number of halogens is 4. The molecule has 1 aromatic carbocycles. The Balaban J connectivity index is 1.28. The van der Waals surface area contributed by atoms with Crippen molar-refractivity contribution in [3.63, 3.8) is 0 Å². The first kappa shape index (κ1) is 28.2. The van der Waals surface area contributed by atoms with Gasteiger partial charge < -0.3 is 14.4 Å². The molecule has 4 heterocycles. The predicted octanol–water partition coefficient (Wildman–Crippen LogP) is 3.58. The summed E-state index contributed by atoms with van der Waals surface area (Å²) in [5, 5.41) is 6.98. The highest BCUT2D eigenvalue weighted by Gasteiger charge is 2.36. The van der Waals surface area contributed by atoms with Crippen LogP contribution < -0.4 is 0 Å². The molecule has 5 rings (SSSR count). The van der Waals surface area contributed by atoms with Gasteiger partial charge in [-0.1, -0.05) is 18.2 Å². The van der Waals surface area contributed by atoms with E-state index < -0.39 is 45.6 Å². The summed E-state index contributed by atoms with van der Waals surface area (Å²) >= 11 is 0.